The number of nitrogens with one attached hydrogen (secondary N) is 1. The third-order valence-electron chi connectivity index (χ3n) is 4.53. The van der Waals surface area contributed by atoms with Gasteiger partial charge >= 0.3 is 0 Å². The average molecular weight is 331 g/mol. The van der Waals surface area contributed by atoms with Crippen LogP contribution in [0.25, 0.3) is 0 Å². The maximum Gasteiger partial charge on any atom is 0.254 e. The number of piperidine rings is 1. The highest BCUT2D eigenvalue weighted by atomic mass is 16.5. The Morgan fingerprint density at radius 2 is 1.62 bits per heavy atom. The second-order valence-electron chi connectivity index (χ2n) is 6.37. The minimum absolute atomic E-state index is 0.00385. The zero-order valence-electron chi connectivity index (χ0n) is 14.0. The van der Waals surface area contributed by atoms with Gasteiger partial charge in [-0.2, -0.15) is 0 Å². The third-order valence-corrected chi connectivity index (χ3v) is 4.53. The Morgan fingerprint density at radius 3 is 2.29 bits per heavy atom. The first-order chi connectivity index (χ1) is 11.7. The lowest BCUT2D eigenvalue weighted by Crippen LogP contribution is -2.40. The summed E-state index contributed by atoms with van der Waals surface area (Å²) < 4.78 is 5.27. The third kappa shape index (κ3) is 4.55. The minimum Gasteiger partial charge on any atom is -0.378 e. The van der Waals surface area contributed by atoms with Gasteiger partial charge in [0, 0.05) is 24.3 Å². The van der Waals surface area contributed by atoms with Crippen LogP contribution in [0.4, 0.5) is 5.69 Å². The molecule has 0 aromatic heterocycles. The fourth-order valence-corrected chi connectivity index (χ4v) is 3.17. The molecule has 2 amide bonds. The second-order valence-corrected chi connectivity index (χ2v) is 6.37. The van der Waals surface area contributed by atoms with E-state index >= 15 is 0 Å². The van der Waals surface area contributed by atoms with Crippen molar-refractivity contribution in [3.8, 4) is 0 Å². The van der Waals surface area contributed by atoms with Crippen molar-refractivity contribution in [3.63, 3.8) is 0 Å². The van der Waals surface area contributed by atoms with Crippen molar-refractivity contribution in [1.82, 2.24) is 9.80 Å². The predicted molar refractivity (Wildman–Crippen MR) is 92.1 cm³/mol. The largest absolute Gasteiger partial charge is 0.378 e. The van der Waals surface area contributed by atoms with E-state index in [-0.39, 0.29) is 11.8 Å². The fourth-order valence-electron chi connectivity index (χ4n) is 3.17. The van der Waals surface area contributed by atoms with Crippen molar-refractivity contribution in [2.24, 2.45) is 0 Å². The highest BCUT2D eigenvalue weighted by Gasteiger charge is 2.18. The molecule has 2 heterocycles. The quantitative estimate of drug-likeness (QED) is 0.910. The number of anilines is 1. The van der Waals surface area contributed by atoms with Crippen LogP contribution >= 0.6 is 0 Å². The van der Waals surface area contributed by atoms with Gasteiger partial charge in [-0.25, -0.2) is 0 Å². The lowest BCUT2D eigenvalue weighted by Gasteiger charge is -2.27. The van der Waals surface area contributed by atoms with Crippen molar-refractivity contribution < 1.29 is 14.3 Å². The summed E-state index contributed by atoms with van der Waals surface area (Å²) in [5.74, 6) is 0.0219. The van der Waals surface area contributed by atoms with Crippen LogP contribution in [0.2, 0.25) is 0 Å². The lowest BCUT2D eigenvalue weighted by atomic mass is 10.1. The number of carbonyl (C=O) groups excluding carboxylic acids is 2. The van der Waals surface area contributed by atoms with E-state index in [0.717, 1.165) is 18.8 Å². The molecule has 0 bridgehead atoms. The molecular formula is C18H25N3O3. The molecule has 2 aliphatic rings. The molecule has 2 saturated heterocycles. The fraction of sp³-hybridized carbons (Fsp3) is 0.556. The molecule has 0 saturated carbocycles. The van der Waals surface area contributed by atoms with Crippen molar-refractivity contribution in [3.05, 3.63) is 29.8 Å². The van der Waals surface area contributed by atoms with E-state index in [1.54, 1.807) is 29.2 Å². The Hall–Kier alpha value is -1.92. The van der Waals surface area contributed by atoms with E-state index in [0.29, 0.717) is 38.4 Å². The van der Waals surface area contributed by atoms with Crippen LogP contribution < -0.4 is 5.32 Å². The molecule has 0 spiro atoms. The van der Waals surface area contributed by atoms with Gasteiger partial charge < -0.3 is 15.0 Å². The monoisotopic (exact) mass is 331 g/mol. The molecule has 1 N–H and O–H groups in total. The summed E-state index contributed by atoms with van der Waals surface area (Å²) in [7, 11) is 0. The van der Waals surface area contributed by atoms with E-state index in [1.165, 1.54) is 19.3 Å². The standard InChI is InChI=1S/C18H25N3O3/c22-17(14-20-8-2-1-3-9-20)19-16-6-4-15(5-7-16)18(23)21-10-12-24-13-11-21/h4-7H,1-3,8-14H2,(H,19,22). The molecule has 1 aromatic rings. The van der Waals surface area contributed by atoms with Gasteiger partial charge in [-0.1, -0.05) is 6.42 Å². The highest BCUT2D eigenvalue weighted by molar-refractivity contribution is 5.96. The van der Waals surface area contributed by atoms with Crippen molar-refractivity contribution in [2.75, 3.05) is 51.3 Å². The van der Waals surface area contributed by atoms with Gasteiger partial charge in [0.15, 0.2) is 0 Å². The number of rotatable bonds is 4. The normalized spacial score (nSPS) is 19.1. The molecule has 6 nitrogen and oxygen atoms in total. The summed E-state index contributed by atoms with van der Waals surface area (Å²) in [6, 6.07) is 7.13. The number of likely N-dealkylation sites (tertiary alicyclic amines) is 1. The van der Waals surface area contributed by atoms with Gasteiger partial charge in [0.25, 0.3) is 5.91 Å². The Morgan fingerprint density at radius 1 is 0.958 bits per heavy atom. The van der Waals surface area contributed by atoms with E-state index in [9.17, 15) is 9.59 Å². The average Bonchev–Trinajstić information content (AvgIpc) is 2.63. The topological polar surface area (TPSA) is 61.9 Å². The number of hydrogen-bond acceptors (Lipinski definition) is 4. The zero-order chi connectivity index (χ0) is 16.8. The summed E-state index contributed by atoms with van der Waals surface area (Å²) in [5, 5.41) is 2.91. The van der Waals surface area contributed by atoms with Crippen molar-refractivity contribution in [2.45, 2.75) is 19.3 Å². The van der Waals surface area contributed by atoms with Crippen LogP contribution in [0, 0.1) is 0 Å². The van der Waals surface area contributed by atoms with Crippen LogP contribution in [0.5, 0.6) is 0 Å². The number of ether oxygens (including phenoxy) is 1. The Bertz CT molecular complexity index is 561. The van der Waals surface area contributed by atoms with E-state index < -0.39 is 0 Å². The SMILES string of the molecule is O=C(CN1CCCCC1)Nc1ccc(C(=O)N2CCOCC2)cc1. The van der Waals surface area contributed by atoms with Crippen LogP contribution in [0.15, 0.2) is 24.3 Å². The second kappa shape index (κ2) is 8.26. The van der Waals surface area contributed by atoms with E-state index in [2.05, 4.69) is 10.2 Å². The first kappa shape index (κ1) is 16.9. The van der Waals surface area contributed by atoms with Gasteiger partial charge in [-0.15, -0.1) is 0 Å². The lowest BCUT2D eigenvalue weighted by molar-refractivity contribution is -0.117. The molecular weight excluding hydrogens is 306 g/mol. The van der Waals surface area contributed by atoms with E-state index in [4.69, 9.17) is 4.74 Å². The van der Waals surface area contributed by atoms with Crippen LogP contribution in [0.3, 0.4) is 0 Å². The highest BCUT2D eigenvalue weighted by Crippen LogP contribution is 2.13. The van der Waals surface area contributed by atoms with Crippen LogP contribution in [0.1, 0.15) is 29.6 Å². The molecule has 130 valence electrons. The first-order valence-corrected chi connectivity index (χ1v) is 8.72. The summed E-state index contributed by atoms with van der Waals surface area (Å²) >= 11 is 0. The first-order valence-electron chi connectivity index (χ1n) is 8.72. The van der Waals surface area contributed by atoms with Gasteiger partial charge in [0.2, 0.25) is 5.91 Å². The summed E-state index contributed by atoms with van der Waals surface area (Å²) in [4.78, 5) is 28.5. The summed E-state index contributed by atoms with van der Waals surface area (Å²) in [6.07, 6.45) is 3.61. The Kier molecular flexibility index (Phi) is 5.82. The Balaban J connectivity index is 1.52. The number of nitrogens with zero attached hydrogens (tertiary/aromatic N) is 2. The van der Waals surface area contributed by atoms with Gasteiger partial charge in [-0.05, 0) is 50.2 Å². The number of benzene rings is 1. The van der Waals surface area contributed by atoms with Gasteiger partial charge in [-0.3, -0.25) is 14.5 Å². The molecule has 2 fully saturated rings. The number of amides is 2. The number of hydrogen-bond donors (Lipinski definition) is 1. The van der Waals surface area contributed by atoms with Gasteiger partial charge in [0.1, 0.15) is 0 Å². The molecule has 0 aliphatic carbocycles. The van der Waals surface area contributed by atoms with E-state index in [1.807, 2.05) is 0 Å². The number of carbonyl (C=O) groups is 2. The van der Waals surface area contributed by atoms with Gasteiger partial charge in [0.05, 0.1) is 19.8 Å². The van der Waals surface area contributed by atoms with Crippen LogP contribution in [-0.2, 0) is 9.53 Å². The van der Waals surface area contributed by atoms with Crippen LogP contribution in [-0.4, -0.2) is 67.6 Å². The zero-order valence-corrected chi connectivity index (χ0v) is 14.0. The number of morpholine rings is 1. The van der Waals surface area contributed by atoms with Crippen molar-refractivity contribution in [1.29, 1.82) is 0 Å². The van der Waals surface area contributed by atoms with Crippen molar-refractivity contribution >= 4 is 17.5 Å². The smallest absolute Gasteiger partial charge is 0.254 e. The molecule has 0 atom stereocenters. The molecule has 0 radical (unpaired) electrons. The maximum atomic E-state index is 12.4. The maximum absolute atomic E-state index is 12.4. The molecule has 1 aromatic carbocycles. The molecule has 3 rings (SSSR count). The summed E-state index contributed by atoms with van der Waals surface area (Å²) in [6.45, 7) is 4.89. The predicted octanol–water partition coefficient (Wildman–Crippen LogP) is 1.58. The molecule has 24 heavy (non-hydrogen) atoms. The minimum atomic E-state index is 0.00385. The molecule has 0 unspecified atom stereocenters. The Labute approximate surface area is 142 Å². The summed E-state index contributed by atoms with van der Waals surface area (Å²) in [5.41, 5.74) is 1.38. The molecule has 6 heteroatoms. The molecule has 2 aliphatic heterocycles.